The number of benzene rings is 3. The summed E-state index contributed by atoms with van der Waals surface area (Å²) in [6, 6.07) is 26.2. The Balaban J connectivity index is 1.18. The number of carbonyl (C=O) groups is 2. The van der Waals surface area contributed by atoms with Crippen molar-refractivity contribution in [1.82, 2.24) is 5.32 Å². The highest BCUT2D eigenvalue weighted by Crippen LogP contribution is 2.44. The first-order valence-electron chi connectivity index (χ1n) is 11.7. The Morgan fingerprint density at radius 1 is 0.889 bits per heavy atom. The molecule has 2 N–H and O–H groups in total. The van der Waals surface area contributed by atoms with E-state index in [9.17, 15) is 14.7 Å². The highest BCUT2D eigenvalue weighted by atomic mass is 32.1. The van der Waals surface area contributed by atoms with Crippen LogP contribution in [0.3, 0.4) is 0 Å². The molecule has 1 aliphatic rings. The number of rotatable bonds is 9. The Bertz CT molecular complexity index is 1300. The van der Waals surface area contributed by atoms with Gasteiger partial charge in [-0.05, 0) is 51.4 Å². The molecule has 0 aliphatic heterocycles. The number of amides is 1. The van der Waals surface area contributed by atoms with Gasteiger partial charge in [-0.1, -0.05) is 66.7 Å². The normalized spacial score (nSPS) is 12.9. The lowest BCUT2D eigenvalue weighted by Gasteiger charge is -2.17. The van der Waals surface area contributed by atoms with Gasteiger partial charge >= 0.3 is 12.1 Å². The fraction of sp³-hybridized carbons (Fsp3) is 0.172. The summed E-state index contributed by atoms with van der Waals surface area (Å²) in [5.41, 5.74) is 5.23. The molecule has 6 nitrogen and oxygen atoms in total. The second-order valence-electron chi connectivity index (χ2n) is 8.58. The van der Waals surface area contributed by atoms with Crippen LogP contribution in [-0.4, -0.2) is 29.8 Å². The minimum absolute atomic E-state index is 0.0897. The molecule has 3 aromatic carbocycles. The topological polar surface area (TPSA) is 84.9 Å². The maximum absolute atomic E-state index is 12.6. The van der Waals surface area contributed by atoms with Crippen LogP contribution < -0.4 is 10.1 Å². The van der Waals surface area contributed by atoms with E-state index in [0.717, 1.165) is 32.7 Å². The Kier molecular flexibility index (Phi) is 7.00. The molecule has 7 heteroatoms. The van der Waals surface area contributed by atoms with E-state index in [1.165, 1.54) is 0 Å². The molecule has 0 spiro atoms. The van der Waals surface area contributed by atoms with Crippen LogP contribution in [0.15, 0.2) is 90.3 Å². The van der Waals surface area contributed by atoms with Gasteiger partial charge < -0.3 is 19.9 Å². The molecule has 1 atom stereocenters. The van der Waals surface area contributed by atoms with E-state index in [1.54, 1.807) is 35.6 Å². The Labute approximate surface area is 213 Å². The molecule has 36 heavy (non-hydrogen) atoms. The molecule has 1 aliphatic carbocycles. The maximum Gasteiger partial charge on any atom is 0.407 e. The van der Waals surface area contributed by atoms with Crippen molar-refractivity contribution in [3.05, 3.63) is 112 Å². The van der Waals surface area contributed by atoms with Gasteiger partial charge in [0.15, 0.2) is 0 Å². The highest BCUT2D eigenvalue weighted by molar-refractivity contribution is 7.09. The van der Waals surface area contributed by atoms with Gasteiger partial charge in [0.2, 0.25) is 0 Å². The largest absolute Gasteiger partial charge is 0.488 e. The first-order valence-corrected chi connectivity index (χ1v) is 12.5. The van der Waals surface area contributed by atoms with Crippen LogP contribution in [0.25, 0.3) is 11.1 Å². The van der Waals surface area contributed by atoms with E-state index >= 15 is 0 Å². The van der Waals surface area contributed by atoms with Crippen molar-refractivity contribution in [1.29, 1.82) is 0 Å². The molecule has 0 fully saturated rings. The Morgan fingerprint density at radius 2 is 1.56 bits per heavy atom. The SMILES string of the molecule is O=C(NC(Cc1ccc(OCc2cccs2)cc1)C(=O)O)OCC1c2ccccc2-c2ccccc21. The summed E-state index contributed by atoms with van der Waals surface area (Å²) in [4.78, 5) is 25.5. The third kappa shape index (κ3) is 5.26. The van der Waals surface area contributed by atoms with Crippen molar-refractivity contribution >= 4 is 23.4 Å². The van der Waals surface area contributed by atoms with Gasteiger partial charge in [0.05, 0.1) is 0 Å². The number of nitrogens with one attached hydrogen (secondary N) is 1. The molecule has 1 heterocycles. The number of hydrogen-bond donors (Lipinski definition) is 2. The van der Waals surface area contributed by atoms with Gasteiger partial charge in [-0.3, -0.25) is 0 Å². The fourth-order valence-corrected chi connectivity index (χ4v) is 5.11. The molecule has 4 aromatic rings. The third-order valence-electron chi connectivity index (χ3n) is 6.26. The van der Waals surface area contributed by atoms with Gasteiger partial charge in [0, 0.05) is 17.2 Å². The lowest BCUT2D eigenvalue weighted by Crippen LogP contribution is -2.42. The van der Waals surface area contributed by atoms with Gasteiger partial charge in [-0.15, -0.1) is 11.3 Å². The summed E-state index contributed by atoms with van der Waals surface area (Å²) >= 11 is 1.63. The number of carboxylic acids is 1. The van der Waals surface area contributed by atoms with E-state index in [4.69, 9.17) is 9.47 Å². The van der Waals surface area contributed by atoms with Crippen LogP contribution in [0.5, 0.6) is 5.75 Å². The summed E-state index contributed by atoms with van der Waals surface area (Å²) in [5, 5.41) is 14.2. The molecule has 0 saturated heterocycles. The molecule has 0 saturated carbocycles. The van der Waals surface area contributed by atoms with Crippen molar-refractivity contribution in [2.24, 2.45) is 0 Å². The zero-order chi connectivity index (χ0) is 24.9. The summed E-state index contributed by atoms with van der Waals surface area (Å²) < 4.78 is 11.3. The number of carbonyl (C=O) groups excluding carboxylic acids is 1. The maximum atomic E-state index is 12.6. The van der Waals surface area contributed by atoms with Crippen molar-refractivity contribution in [3.63, 3.8) is 0 Å². The lowest BCUT2D eigenvalue weighted by molar-refractivity contribution is -0.139. The monoisotopic (exact) mass is 499 g/mol. The minimum Gasteiger partial charge on any atom is -0.488 e. The Hall–Kier alpha value is -4.10. The van der Waals surface area contributed by atoms with E-state index in [2.05, 4.69) is 17.4 Å². The molecule has 1 aromatic heterocycles. The van der Waals surface area contributed by atoms with Crippen molar-refractivity contribution < 1.29 is 24.2 Å². The standard InChI is InChI=1S/C29H25NO5S/c31-28(32)27(16-19-11-13-20(14-12-19)34-17-21-6-5-15-36-21)30-29(33)35-18-26-24-9-3-1-7-22(24)23-8-2-4-10-25(23)26/h1-15,26-27H,16-18H2,(H,30,33)(H,31,32). The number of fused-ring (bicyclic) bond motifs is 3. The van der Waals surface area contributed by atoms with Gasteiger partial charge in [0.1, 0.15) is 25.0 Å². The quantitative estimate of drug-likeness (QED) is 0.301. The predicted molar refractivity (Wildman–Crippen MR) is 138 cm³/mol. The molecule has 1 unspecified atom stereocenters. The van der Waals surface area contributed by atoms with Crippen LogP contribution >= 0.6 is 11.3 Å². The molecule has 182 valence electrons. The third-order valence-corrected chi connectivity index (χ3v) is 7.11. The first kappa shape index (κ1) is 23.6. The molecule has 0 radical (unpaired) electrons. The van der Waals surface area contributed by atoms with Crippen LogP contribution in [-0.2, 0) is 22.6 Å². The Morgan fingerprint density at radius 3 is 2.17 bits per heavy atom. The van der Waals surface area contributed by atoms with Crippen LogP contribution in [0.2, 0.25) is 0 Å². The number of ether oxygens (including phenoxy) is 2. The van der Waals surface area contributed by atoms with Crippen molar-refractivity contribution in [3.8, 4) is 16.9 Å². The van der Waals surface area contributed by atoms with Gasteiger partial charge in [-0.25, -0.2) is 9.59 Å². The summed E-state index contributed by atoms with van der Waals surface area (Å²) in [6.45, 7) is 0.612. The number of thiophene rings is 1. The van der Waals surface area contributed by atoms with E-state index in [0.29, 0.717) is 12.4 Å². The average Bonchev–Trinajstić information content (AvgIpc) is 3.53. The van der Waals surface area contributed by atoms with Gasteiger partial charge in [0.25, 0.3) is 0 Å². The second-order valence-corrected chi connectivity index (χ2v) is 9.61. The first-order chi connectivity index (χ1) is 17.6. The summed E-state index contributed by atoms with van der Waals surface area (Å²) in [7, 11) is 0. The average molecular weight is 500 g/mol. The molecular formula is C29H25NO5S. The van der Waals surface area contributed by atoms with E-state index in [-0.39, 0.29) is 18.9 Å². The van der Waals surface area contributed by atoms with Crippen molar-refractivity contribution in [2.75, 3.05) is 6.61 Å². The predicted octanol–water partition coefficient (Wildman–Crippen LogP) is 5.86. The van der Waals surface area contributed by atoms with E-state index < -0.39 is 18.1 Å². The minimum atomic E-state index is -1.12. The smallest absolute Gasteiger partial charge is 0.407 e. The van der Waals surface area contributed by atoms with Gasteiger partial charge in [-0.2, -0.15) is 0 Å². The molecular weight excluding hydrogens is 474 g/mol. The van der Waals surface area contributed by atoms with Crippen molar-refractivity contribution in [2.45, 2.75) is 25.0 Å². The zero-order valence-corrected chi connectivity index (χ0v) is 20.2. The molecule has 5 rings (SSSR count). The summed E-state index contributed by atoms with van der Waals surface area (Å²) in [6.07, 6.45) is -0.620. The van der Waals surface area contributed by atoms with Crippen LogP contribution in [0.1, 0.15) is 27.5 Å². The van der Waals surface area contributed by atoms with E-state index in [1.807, 2.05) is 53.9 Å². The number of carboxylic acid groups (broad SMARTS) is 1. The van der Waals surface area contributed by atoms with Crippen LogP contribution in [0, 0.1) is 0 Å². The lowest BCUT2D eigenvalue weighted by atomic mass is 9.98. The number of aliphatic carboxylic acids is 1. The zero-order valence-electron chi connectivity index (χ0n) is 19.4. The van der Waals surface area contributed by atoms with Crippen LogP contribution in [0.4, 0.5) is 4.79 Å². The number of alkyl carbamates (subject to hydrolysis) is 1. The fourth-order valence-electron chi connectivity index (χ4n) is 4.49. The molecule has 1 amide bonds. The second kappa shape index (κ2) is 10.7. The highest BCUT2D eigenvalue weighted by Gasteiger charge is 2.29. The molecule has 0 bridgehead atoms. The summed E-state index contributed by atoms with van der Waals surface area (Å²) in [5.74, 6) is -0.516. The number of hydrogen-bond acceptors (Lipinski definition) is 5.